The number of aryl methyl sites for hydroxylation is 2. The van der Waals surface area contributed by atoms with E-state index >= 15 is 0 Å². The van der Waals surface area contributed by atoms with Crippen molar-refractivity contribution in [1.82, 2.24) is 14.1 Å². The second kappa shape index (κ2) is 3.05. The molecule has 0 saturated carbocycles. The van der Waals surface area contributed by atoms with Crippen LogP contribution in [-0.2, 0) is 14.1 Å². The van der Waals surface area contributed by atoms with Crippen LogP contribution in [-0.4, -0.2) is 14.1 Å². The molecule has 0 atom stereocenters. The van der Waals surface area contributed by atoms with Gasteiger partial charge in [-0.1, -0.05) is 0 Å². The van der Waals surface area contributed by atoms with Gasteiger partial charge in [0.2, 0.25) is 0 Å². The molecule has 0 unspecified atom stereocenters. The predicted molar refractivity (Wildman–Crippen MR) is 57.0 cm³/mol. The Labute approximate surface area is 85.6 Å². The highest BCUT2D eigenvalue weighted by molar-refractivity contribution is 5.74. The zero-order valence-corrected chi connectivity index (χ0v) is 8.81. The van der Waals surface area contributed by atoms with Crippen molar-refractivity contribution in [3.8, 4) is 0 Å². The van der Waals surface area contributed by atoms with Crippen molar-refractivity contribution in [2.45, 2.75) is 6.92 Å². The fourth-order valence-corrected chi connectivity index (χ4v) is 1.57. The van der Waals surface area contributed by atoms with E-state index in [1.807, 2.05) is 6.92 Å². The topological polar surface area (TPSA) is 56.9 Å². The second-order valence-electron chi connectivity index (χ2n) is 3.59. The summed E-state index contributed by atoms with van der Waals surface area (Å²) in [5.41, 5.74) is 0.667. The molecule has 0 aromatic carbocycles. The van der Waals surface area contributed by atoms with Crippen LogP contribution in [0.1, 0.15) is 5.56 Å². The highest BCUT2D eigenvalue weighted by Crippen LogP contribution is 2.05. The summed E-state index contributed by atoms with van der Waals surface area (Å²) in [5, 5.41) is 0.472. The number of rotatable bonds is 0. The zero-order chi connectivity index (χ0) is 11.2. The lowest BCUT2D eigenvalue weighted by molar-refractivity contribution is 0.707. The number of hydrogen-bond donors (Lipinski definition) is 0. The van der Waals surface area contributed by atoms with E-state index in [0.29, 0.717) is 11.0 Å². The molecule has 5 heteroatoms. The SMILES string of the molecule is Cc1cnc2c(c1)c(=O)n(C)c(=O)n2C. The van der Waals surface area contributed by atoms with Crippen LogP contribution in [0, 0.1) is 6.92 Å². The van der Waals surface area contributed by atoms with Crippen molar-refractivity contribution in [2.75, 3.05) is 0 Å². The van der Waals surface area contributed by atoms with Crippen molar-refractivity contribution in [1.29, 1.82) is 0 Å². The van der Waals surface area contributed by atoms with Crippen LogP contribution >= 0.6 is 0 Å². The van der Waals surface area contributed by atoms with E-state index < -0.39 is 0 Å². The molecule has 0 aliphatic carbocycles. The highest BCUT2D eigenvalue weighted by atomic mass is 16.2. The quantitative estimate of drug-likeness (QED) is 0.605. The zero-order valence-electron chi connectivity index (χ0n) is 8.81. The number of fused-ring (bicyclic) bond motifs is 1. The minimum atomic E-state index is -0.358. The van der Waals surface area contributed by atoms with Crippen LogP contribution < -0.4 is 11.2 Å². The van der Waals surface area contributed by atoms with Gasteiger partial charge in [-0.05, 0) is 18.6 Å². The molecule has 2 heterocycles. The van der Waals surface area contributed by atoms with Crippen molar-refractivity contribution in [3.63, 3.8) is 0 Å². The van der Waals surface area contributed by atoms with Gasteiger partial charge in [0.15, 0.2) is 0 Å². The van der Waals surface area contributed by atoms with Gasteiger partial charge in [0, 0.05) is 20.3 Å². The van der Waals surface area contributed by atoms with Gasteiger partial charge < -0.3 is 0 Å². The number of nitrogens with zero attached hydrogens (tertiary/aromatic N) is 3. The lowest BCUT2D eigenvalue weighted by atomic mass is 10.2. The maximum Gasteiger partial charge on any atom is 0.332 e. The van der Waals surface area contributed by atoms with Crippen LogP contribution in [0.2, 0.25) is 0 Å². The first-order valence-corrected chi connectivity index (χ1v) is 4.54. The lowest BCUT2D eigenvalue weighted by Crippen LogP contribution is -2.37. The fraction of sp³-hybridized carbons (Fsp3) is 0.300. The van der Waals surface area contributed by atoms with Crippen molar-refractivity contribution in [3.05, 3.63) is 38.7 Å². The fourth-order valence-electron chi connectivity index (χ4n) is 1.57. The van der Waals surface area contributed by atoms with Gasteiger partial charge in [-0.2, -0.15) is 0 Å². The molecule has 2 aromatic heterocycles. The molecule has 2 rings (SSSR count). The molecule has 0 fully saturated rings. The average molecular weight is 205 g/mol. The molecular weight excluding hydrogens is 194 g/mol. The summed E-state index contributed by atoms with van der Waals surface area (Å²) in [7, 11) is 3.07. The largest absolute Gasteiger partial charge is 0.332 e. The minimum absolute atomic E-state index is 0.302. The van der Waals surface area contributed by atoms with Gasteiger partial charge >= 0.3 is 5.69 Å². The van der Waals surface area contributed by atoms with Gasteiger partial charge in [0.1, 0.15) is 5.65 Å². The smallest absolute Gasteiger partial charge is 0.280 e. The lowest BCUT2D eigenvalue weighted by Gasteiger charge is -2.06. The molecule has 0 N–H and O–H groups in total. The summed E-state index contributed by atoms with van der Waals surface area (Å²) in [5.74, 6) is 0. The molecule has 0 radical (unpaired) electrons. The normalized spacial score (nSPS) is 10.9. The number of hydrogen-bond acceptors (Lipinski definition) is 3. The second-order valence-corrected chi connectivity index (χ2v) is 3.59. The summed E-state index contributed by atoms with van der Waals surface area (Å²) in [4.78, 5) is 27.4. The Kier molecular flexibility index (Phi) is 1.96. The molecule has 0 bridgehead atoms. The molecule has 5 nitrogen and oxygen atoms in total. The van der Waals surface area contributed by atoms with Gasteiger partial charge in [0.25, 0.3) is 5.56 Å². The van der Waals surface area contributed by atoms with Gasteiger partial charge in [0.05, 0.1) is 5.39 Å². The monoisotopic (exact) mass is 205 g/mol. The molecule has 15 heavy (non-hydrogen) atoms. The van der Waals surface area contributed by atoms with Crippen LogP contribution in [0.5, 0.6) is 0 Å². The summed E-state index contributed by atoms with van der Waals surface area (Å²) >= 11 is 0. The Morgan fingerprint density at radius 3 is 2.53 bits per heavy atom. The van der Waals surface area contributed by atoms with Crippen LogP contribution in [0.3, 0.4) is 0 Å². The molecule has 0 spiro atoms. The molecular formula is C10H11N3O2. The average Bonchev–Trinajstić information content (AvgIpc) is 2.23. The highest BCUT2D eigenvalue weighted by Gasteiger charge is 2.08. The van der Waals surface area contributed by atoms with E-state index in [1.54, 1.807) is 19.3 Å². The molecule has 2 aromatic rings. The third-order valence-corrected chi connectivity index (χ3v) is 2.43. The van der Waals surface area contributed by atoms with Crippen LogP contribution in [0.15, 0.2) is 21.9 Å². The summed E-state index contributed by atoms with van der Waals surface area (Å²) in [6, 6.07) is 1.74. The summed E-state index contributed by atoms with van der Waals surface area (Å²) < 4.78 is 2.46. The minimum Gasteiger partial charge on any atom is -0.280 e. The van der Waals surface area contributed by atoms with Gasteiger partial charge in [-0.15, -0.1) is 0 Å². The number of pyridine rings is 1. The van der Waals surface area contributed by atoms with E-state index in [1.165, 1.54) is 11.6 Å². The maximum absolute atomic E-state index is 11.8. The molecule has 0 saturated heterocycles. The van der Waals surface area contributed by atoms with E-state index in [0.717, 1.165) is 10.1 Å². The Morgan fingerprint density at radius 1 is 1.20 bits per heavy atom. The Balaban J connectivity index is 3.15. The number of aromatic nitrogens is 3. The van der Waals surface area contributed by atoms with Gasteiger partial charge in [-0.3, -0.25) is 13.9 Å². The maximum atomic E-state index is 11.8. The standard InChI is InChI=1S/C10H11N3O2/c1-6-4-7-8(11-5-6)12(2)10(15)13(3)9(7)14/h4-5H,1-3H3. The van der Waals surface area contributed by atoms with E-state index in [-0.39, 0.29) is 11.2 Å². The van der Waals surface area contributed by atoms with Crippen LogP contribution in [0.4, 0.5) is 0 Å². The molecule has 0 aliphatic rings. The summed E-state index contributed by atoms with van der Waals surface area (Å²) in [6.45, 7) is 1.86. The van der Waals surface area contributed by atoms with Crippen molar-refractivity contribution < 1.29 is 0 Å². The first-order valence-electron chi connectivity index (χ1n) is 4.54. The Bertz CT molecular complexity index is 652. The van der Waals surface area contributed by atoms with Crippen molar-refractivity contribution in [2.24, 2.45) is 14.1 Å². The van der Waals surface area contributed by atoms with E-state index in [9.17, 15) is 9.59 Å². The molecule has 0 aliphatic heterocycles. The Hall–Kier alpha value is -1.91. The summed E-state index contributed by atoms with van der Waals surface area (Å²) in [6.07, 6.45) is 1.64. The van der Waals surface area contributed by atoms with Crippen LogP contribution in [0.25, 0.3) is 11.0 Å². The third kappa shape index (κ3) is 1.27. The molecule has 78 valence electrons. The Morgan fingerprint density at radius 2 is 1.87 bits per heavy atom. The van der Waals surface area contributed by atoms with Gasteiger partial charge in [-0.25, -0.2) is 9.78 Å². The van der Waals surface area contributed by atoms with E-state index in [2.05, 4.69) is 4.98 Å². The molecule has 0 amide bonds. The third-order valence-electron chi connectivity index (χ3n) is 2.43. The van der Waals surface area contributed by atoms with Crippen molar-refractivity contribution >= 4 is 11.0 Å². The predicted octanol–water partition coefficient (Wildman–Crippen LogP) is -0.0594. The van der Waals surface area contributed by atoms with E-state index in [4.69, 9.17) is 0 Å². The first kappa shape index (κ1) is 9.64. The first-order chi connectivity index (χ1) is 7.02.